The molecule has 0 saturated heterocycles. The number of hydrogen-bond donors (Lipinski definition) is 2. The first-order valence-electron chi connectivity index (χ1n) is 6.78. The van der Waals surface area contributed by atoms with Crippen molar-refractivity contribution >= 4 is 11.9 Å². The Bertz CT molecular complexity index is 731. The van der Waals surface area contributed by atoms with Gasteiger partial charge in [-0.15, -0.1) is 0 Å². The van der Waals surface area contributed by atoms with Gasteiger partial charge < -0.3 is 20.2 Å². The summed E-state index contributed by atoms with van der Waals surface area (Å²) in [5, 5.41) is 13.0. The highest BCUT2D eigenvalue weighted by Gasteiger charge is 2.07. The quantitative estimate of drug-likeness (QED) is 0.379. The van der Waals surface area contributed by atoms with Crippen LogP contribution in [-0.4, -0.2) is 27.5 Å². The summed E-state index contributed by atoms with van der Waals surface area (Å²) in [4.78, 5) is 27.5. The number of rotatable bonds is 5. The Balaban J connectivity index is 1.66. The first-order chi connectivity index (χ1) is 11.1. The molecule has 0 spiro atoms. The fourth-order valence-electron chi connectivity index (χ4n) is 1.62. The predicted octanol–water partition coefficient (Wildman–Crippen LogP) is 1.99. The smallest absolute Gasteiger partial charge is 0.407 e. The van der Waals surface area contributed by atoms with E-state index in [-0.39, 0.29) is 18.2 Å². The monoisotopic (exact) mass is 314 g/mol. The van der Waals surface area contributed by atoms with E-state index in [2.05, 4.69) is 27.1 Å². The average Bonchev–Trinajstić information content (AvgIpc) is 3.03. The normalized spacial score (nSPS) is 9.57. The summed E-state index contributed by atoms with van der Waals surface area (Å²) >= 11 is 0. The summed E-state index contributed by atoms with van der Waals surface area (Å²) in [6.07, 6.45) is 0.947. The largest absolute Gasteiger partial charge is 0.445 e. The summed E-state index contributed by atoms with van der Waals surface area (Å²) in [5.41, 5.74) is 0.904. The maximum Gasteiger partial charge on any atom is 0.407 e. The van der Waals surface area contributed by atoms with Crippen LogP contribution >= 0.6 is 0 Å². The molecule has 0 fully saturated rings. The zero-order valence-electron chi connectivity index (χ0n) is 12.1. The summed E-state index contributed by atoms with van der Waals surface area (Å²) in [6, 6.07) is 9.34. The highest BCUT2D eigenvalue weighted by Crippen LogP contribution is 2.04. The van der Waals surface area contributed by atoms with Gasteiger partial charge in [0, 0.05) is 13.0 Å². The van der Waals surface area contributed by atoms with Gasteiger partial charge in [0.15, 0.2) is 0 Å². The van der Waals surface area contributed by atoms with Crippen LogP contribution in [0.1, 0.15) is 17.8 Å². The number of hydrogen-bond acceptors (Lipinski definition) is 5. The fourth-order valence-corrected chi connectivity index (χ4v) is 1.62. The van der Waals surface area contributed by atoms with Crippen molar-refractivity contribution in [2.45, 2.75) is 13.0 Å². The lowest BCUT2D eigenvalue weighted by molar-refractivity contribution is -0.389. The van der Waals surface area contributed by atoms with Gasteiger partial charge in [-0.2, -0.15) is 0 Å². The minimum Gasteiger partial charge on any atom is -0.445 e. The Morgan fingerprint density at radius 3 is 2.87 bits per heavy atom. The van der Waals surface area contributed by atoms with Crippen LogP contribution in [0, 0.1) is 22.0 Å². The van der Waals surface area contributed by atoms with Crippen LogP contribution in [0.25, 0.3) is 0 Å². The maximum absolute atomic E-state index is 11.5. The minimum absolute atomic E-state index is 0.203. The molecule has 0 bridgehead atoms. The van der Waals surface area contributed by atoms with Gasteiger partial charge in [-0.05, 0) is 16.4 Å². The van der Waals surface area contributed by atoms with Gasteiger partial charge in [-0.25, -0.2) is 14.8 Å². The topological polar surface area (TPSA) is 110 Å². The van der Waals surface area contributed by atoms with Crippen LogP contribution in [0.5, 0.6) is 0 Å². The van der Waals surface area contributed by atoms with Crippen molar-refractivity contribution in [2.24, 2.45) is 0 Å². The number of aromatic amines is 1. The van der Waals surface area contributed by atoms with Gasteiger partial charge in [0.1, 0.15) is 12.8 Å². The molecule has 23 heavy (non-hydrogen) atoms. The molecule has 0 radical (unpaired) electrons. The number of benzene rings is 1. The van der Waals surface area contributed by atoms with Crippen LogP contribution in [0.2, 0.25) is 0 Å². The fraction of sp³-hybridized carbons (Fsp3) is 0.200. The number of carbonyl (C=O) groups is 1. The predicted molar refractivity (Wildman–Crippen MR) is 81.4 cm³/mol. The number of alkyl carbamates (subject to hydrolysis) is 1. The van der Waals surface area contributed by atoms with Gasteiger partial charge >= 0.3 is 11.9 Å². The molecule has 118 valence electrons. The van der Waals surface area contributed by atoms with Crippen molar-refractivity contribution in [3.63, 3.8) is 0 Å². The molecule has 0 aliphatic rings. The second-order valence-electron chi connectivity index (χ2n) is 4.41. The Hall–Kier alpha value is -3.34. The first-order valence-corrected chi connectivity index (χ1v) is 6.78. The van der Waals surface area contributed by atoms with E-state index >= 15 is 0 Å². The number of carbonyl (C=O) groups excluding carboxylic acids is 1. The number of amides is 1. The molecule has 0 unspecified atom stereocenters. The summed E-state index contributed by atoms with van der Waals surface area (Å²) in [6.45, 7) is 0.512. The highest BCUT2D eigenvalue weighted by molar-refractivity contribution is 5.67. The van der Waals surface area contributed by atoms with E-state index in [1.54, 1.807) is 0 Å². The van der Waals surface area contributed by atoms with Crippen molar-refractivity contribution in [2.75, 3.05) is 6.54 Å². The van der Waals surface area contributed by atoms with Gasteiger partial charge in [0.25, 0.3) is 5.82 Å². The summed E-state index contributed by atoms with van der Waals surface area (Å²) in [5.74, 6) is 5.38. The number of H-pyrrole nitrogens is 1. The molecule has 1 aromatic carbocycles. The average molecular weight is 314 g/mol. The molecule has 1 amide bonds. The molecular formula is C15H14N4O4. The van der Waals surface area contributed by atoms with Crippen LogP contribution in [0.4, 0.5) is 10.6 Å². The lowest BCUT2D eigenvalue weighted by Crippen LogP contribution is -2.24. The second-order valence-corrected chi connectivity index (χ2v) is 4.41. The molecule has 8 nitrogen and oxygen atoms in total. The molecule has 1 aromatic heterocycles. The molecule has 1 heterocycles. The van der Waals surface area contributed by atoms with E-state index in [1.807, 2.05) is 30.3 Å². The second kappa shape index (κ2) is 8.19. The van der Waals surface area contributed by atoms with E-state index in [0.29, 0.717) is 13.0 Å². The molecule has 2 rings (SSSR count). The molecular weight excluding hydrogens is 300 g/mol. The van der Waals surface area contributed by atoms with Crippen molar-refractivity contribution in [3.05, 3.63) is 58.0 Å². The van der Waals surface area contributed by atoms with Crippen LogP contribution in [0.3, 0.4) is 0 Å². The van der Waals surface area contributed by atoms with E-state index in [1.165, 1.54) is 0 Å². The van der Waals surface area contributed by atoms with Gasteiger partial charge in [-0.3, -0.25) is 0 Å². The third-order valence-corrected chi connectivity index (χ3v) is 2.70. The van der Waals surface area contributed by atoms with Crippen LogP contribution in [0.15, 0.2) is 36.5 Å². The van der Waals surface area contributed by atoms with Crippen molar-refractivity contribution in [1.29, 1.82) is 0 Å². The highest BCUT2D eigenvalue weighted by atomic mass is 16.6. The lowest BCUT2D eigenvalue weighted by Gasteiger charge is -2.05. The molecule has 2 N–H and O–H groups in total. The van der Waals surface area contributed by atoms with Crippen molar-refractivity contribution < 1.29 is 14.5 Å². The third-order valence-electron chi connectivity index (χ3n) is 2.70. The number of nitrogens with one attached hydrogen (secondary N) is 2. The standard InChI is InChI=1S/C15H14N4O4/c20-15(23-11-12-6-2-1-3-7-12)16-9-5-4-8-13-17-10-14(18-13)19(21)22/h1-3,6-7,10H,5,9,11H2,(H,16,20)(H,17,18). The number of imidazole rings is 1. The number of nitrogens with zero attached hydrogens (tertiary/aromatic N) is 2. The molecule has 0 atom stereocenters. The molecule has 0 aliphatic carbocycles. The number of nitro groups is 1. The van der Waals surface area contributed by atoms with E-state index < -0.39 is 11.0 Å². The third kappa shape index (κ3) is 5.51. The van der Waals surface area contributed by atoms with E-state index in [9.17, 15) is 14.9 Å². The lowest BCUT2D eigenvalue weighted by atomic mass is 10.2. The Morgan fingerprint density at radius 1 is 1.39 bits per heavy atom. The Kier molecular flexibility index (Phi) is 5.71. The SMILES string of the molecule is O=C(NCCC#Cc1ncc([N+](=O)[O-])[nH]1)OCc1ccccc1. The van der Waals surface area contributed by atoms with E-state index in [0.717, 1.165) is 11.8 Å². The Morgan fingerprint density at radius 2 is 2.17 bits per heavy atom. The van der Waals surface area contributed by atoms with Gasteiger partial charge in [0.05, 0.1) is 0 Å². The number of ether oxygens (including phenoxy) is 1. The van der Waals surface area contributed by atoms with Crippen LogP contribution in [-0.2, 0) is 11.3 Å². The molecule has 0 aliphatic heterocycles. The van der Waals surface area contributed by atoms with Crippen molar-refractivity contribution in [1.82, 2.24) is 15.3 Å². The van der Waals surface area contributed by atoms with Gasteiger partial charge in [-0.1, -0.05) is 36.3 Å². The van der Waals surface area contributed by atoms with E-state index in [4.69, 9.17) is 4.74 Å². The number of aromatic nitrogens is 2. The summed E-state index contributed by atoms with van der Waals surface area (Å²) in [7, 11) is 0. The zero-order chi connectivity index (χ0) is 16.5. The summed E-state index contributed by atoms with van der Waals surface area (Å²) < 4.78 is 5.03. The van der Waals surface area contributed by atoms with Crippen molar-refractivity contribution in [3.8, 4) is 11.8 Å². The Labute approximate surface area is 132 Å². The first kappa shape index (κ1) is 16.0. The maximum atomic E-state index is 11.5. The zero-order valence-corrected chi connectivity index (χ0v) is 12.1. The van der Waals surface area contributed by atoms with Crippen LogP contribution < -0.4 is 5.32 Å². The minimum atomic E-state index is -0.581. The molecule has 2 aromatic rings. The molecule has 8 heteroatoms. The molecule has 0 saturated carbocycles. The van der Waals surface area contributed by atoms with Gasteiger partial charge in [0.2, 0.25) is 0 Å².